The van der Waals surface area contributed by atoms with Crippen LogP contribution in [-0.2, 0) is 13.0 Å². The van der Waals surface area contributed by atoms with Gasteiger partial charge in [0.05, 0.1) is 12.2 Å². The highest BCUT2D eigenvalue weighted by molar-refractivity contribution is 7.99. The number of hydrogen-bond acceptors (Lipinski definition) is 3. The molecule has 0 spiro atoms. The normalized spacial score (nSPS) is 11.4. The summed E-state index contributed by atoms with van der Waals surface area (Å²) in [5.74, 6) is 2.34. The maximum atomic E-state index is 4.66. The molecule has 0 aliphatic heterocycles. The average Bonchev–Trinajstić information content (AvgIpc) is 2.56. The van der Waals surface area contributed by atoms with E-state index >= 15 is 0 Å². The van der Waals surface area contributed by atoms with Gasteiger partial charge in [-0.3, -0.25) is 4.68 Å². The average molecular weight is 269 g/mol. The number of nitrogens with one attached hydrogen (secondary N) is 1. The van der Waals surface area contributed by atoms with E-state index in [4.69, 9.17) is 0 Å². The smallest absolute Gasteiger partial charge is 0.0628 e. The number of aromatic nitrogens is 2. The molecule has 0 aliphatic carbocycles. The molecular formula is C14H27N3S. The first kappa shape index (κ1) is 15.6. The van der Waals surface area contributed by atoms with Crippen LogP contribution in [0.15, 0.2) is 0 Å². The van der Waals surface area contributed by atoms with E-state index in [2.05, 4.69) is 49.7 Å². The molecule has 0 fully saturated rings. The van der Waals surface area contributed by atoms with E-state index in [0.29, 0.717) is 6.04 Å². The van der Waals surface area contributed by atoms with Gasteiger partial charge in [0.15, 0.2) is 0 Å². The van der Waals surface area contributed by atoms with Gasteiger partial charge in [-0.05, 0) is 38.1 Å². The molecule has 0 radical (unpaired) electrons. The Kier molecular flexibility index (Phi) is 6.79. The molecule has 0 atom stereocenters. The molecule has 1 aromatic heterocycles. The van der Waals surface area contributed by atoms with E-state index in [-0.39, 0.29) is 0 Å². The zero-order valence-electron chi connectivity index (χ0n) is 12.4. The van der Waals surface area contributed by atoms with Gasteiger partial charge in [0.1, 0.15) is 0 Å². The molecule has 1 heterocycles. The van der Waals surface area contributed by atoms with Crippen LogP contribution < -0.4 is 5.32 Å². The predicted octanol–water partition coefficient (Wildman–Crippen LogP) is 2.79. The van der Waals surface area contributed by atoms with Gasteiger partial charge < -0.3 is 5.32 Å². The van der Waals surface area contributed by atoms with Gasteiger partial charge in [0.2, 0.25) is 0 Å². The van der Waals surface area contributed by atoms with Crippen molar-refractivity contribution in [2.24, 2.45) is 0 Å². The second-order valence-electron chi connectivity index (χ2n) is 4.93. The van der Waals surface area contributed by atoms with E-state index < -0.39 is 0 Å². The lowest BCUT2D eigenvalue weighted by atomic mass is 10.1. The molecular weight excluding hydrogens is 242 g/mol. The largest absolute Gasteiger partial charge is 0.314 e. The van der Waals surface area contributed by atoms with Crippen molar-refractivity contribution in [1.82, 2.24) is 15.1 Å². The van der Waals surface area contributed by atoms with Crippen LogP contribution in [-0.4, -0.2) is 33.9 Å². The summed E-state index contributed by atoms with van der Waals surface area (Å²) in [4.78, 5) is 0. The van der Waals surface area contributed by atoms with Crippen molar-refractivity contribution in [2.45, 2.75) is 53.6 Å². The SMILES string of the molecule is CCSCCn1nc(C)c(CCNC(C)C)c1C. The fourth-order valence-corrected chi connectivity index (χ4v) is 2.69. The van der Waals surface area contributed by atoms with E-state index in [1.165, 1.54) is 22.7 Å². The first-order chi connectivity index (χ1) is 8.56. The van der Waals surface area contributed by atoms with Crippen molar-refractivity contribution >= 4 is 11.8 Å². The monoisotopic (exact) mass is 269 g/mol. The Labute approximate surface area is 116 Å². The highest BCUT2D eigenvalue weighted by atomic mass is 32.2. The quantitative estimate of drug-likeness (QED) is 0.736. The second-order valence-corrected chi connectivity index (χ2v) is 6.32. The van der Waals surface area contributed by atoms with Gasteiger partial charge in [-0.15, -0.1) is 0 Å². The van der Waals surface area contributed by atoms with E-state index in [1.807, 2.05) is 11.8 Å². The van der Waals surface area contributed by atoms with E-state index in [9.17, 15) is 0 Å². The maximum absolute atomic E-state index is 4.66. The fraction of sp³-hybridized carbons (Fsp3) is 0.786. The van der Waals surface area contributed by atoms with Crippen LogP contribution in [0.1, 0.15) is 37.7 Å². The Bertz CT molecular complexity index is 358. The Morgan fingerprint density at radius 2 is 2.06 bits per heavy atom. The first-order valence-corrected chi connectivity index (χ1v) is 8.05. The van der Waals surface area contributed by atoms with Gasteiger partial charge in [0.25, 0.3) is 0 Å². The van der Waals surface area contributed by atoms with Crippen LogP contribution in [0, 0.1) is 13.8 Å². The first-order valence-electron chi connectivity index (χ1n) is 6.90. The Morgan fingerprint density at radius 1 is 1.33 bits per heavy atom. The zero-order chi connectivity index (χ0) is 13.5. The van der Waals surface area contributed by atoms with Crippen molar-refractivity contribution in [2.75, 3.05) is 18.1 Å². The third-order valence-corrected chi connectivity index (χ3v) is 3.99. The molecule has 4 heteroatoms. The summed E-state index contributed by atoms with van der Waals surface area (Å²) >= 11 is 1.98. The van der Waals surface area contributed by atoms with Gasteiger partial charge in [-0.2, -0.15) is 16.9 Å². The van der Waals surface area contributed by atoms with Gasteiger partial charge >= 0.3 is 0 Å². The number of nitrogens with zero attached hydrogens (tertiary/aromatic N) is 2. The second kappa shape index (κ2) is 7.85. The standard InChI is InChI=1S/C14H27N3S/c1-6-18-10-9-17-13(5)14(12(4)16-17)7-8-15-11(2)3/h11,15H,6-10H2,1-5H3. The van der Waals surface area contributed by atoms with E-state index in [0.717, 1.165) is 25.3 Å². The molecule has 104 valence electrons. The van der Waals surface area contributed by atoms with Crippen LogP contribution >= 0.6 is 11.8 Å². The molecule has 3 nitrogen and oxygen atoms in total. The lowest BCUT2D eigenvalue weighted by Gasteiger charge is -2.08. The molecule has 0 saturated heterocycles. The summed E-state index contributed by atoms with van der Waals surface area (Å²) < 4.78 is 2.17. The van der Waals surface area contributed by atoms with Crippen LogP contribution in [0.3, 0.4) is 0 Å². The number of thioether (sulfide) groups is 1. The molecule has 0 unspecified atom stereocenters. The van der Waals surface area contributed by atoms with Crippen molar-refractivity contribution in [3.8, 4) is 0 Å². The zero-order valence-corrected chi connectivity index (χ0v) is 13.2. The maximum Gasteiger partial charge on any atom is 0.0628 e. The Hall–Kier alpha value is -0.480. The van der Waals surface area contributed by atoms with Crippen LogP contribution in [0.4, 0.5) is 0 Å². The summed E-state index contributed by atoms with van der Waals surface area (Å²) in [5.41, 5.74) is 3.96. The lowest BCUT2D eigenvalue weighted by molar-refractivity contribution is 0.588. The van der Waals surface area contributed by atoms with Crippen LogP contribution in [0.25, 0.3) is 0 Å². The molecule has 0 aromatic carbocycles. The Balaban J connectivity index is 2.57. The fourth-order valence-electron chi connectivity index (χ4n) is 2.09. The molecule has 0 saturated carbocycles. The predicted molar refractivity (Wildman–Crippen MR) is 81.5 cm³/mol. The van der Waals surface area contributed by atoms with Gasteiger partial charge in [-0.1, -0.05) is 20.8 Å². The summed E-state index contributed by atoms with van der Waals surface area (Å²) in [7, 11) is 0. The van der Waals surface area contributed by atoms with E-state index in [1.54, 1.807) is 0 Å². The molecule has 0 aliphatic rings. The summed E-state index contributed by atoms with van der Waals surface area (Å²) in [6, 6.07) is 0.557. The highest BCUT2D eigenvalue weighted by Gasteiger charge is 2.10. The minimum atomic E-state index is 0.557. The Morgan fingerprint density at radius 3 is 2.67 bits per heavy atom. The van der Waals surface area contributed by atoms with Crippen molar-refractivity contribution in [3.05, 3.63) is 17.0 Å². The molecule has 0 bridgehead atoms. The van der Waals surface area contributed by atoms with Crippen molar-refractivity contribution in [3.63, 3.8) is 0 Å². The minimum Gasteiger partial charge on any atom is -0.314 e. The van der Waals surface area contributed by atoms with Crippen molar-refractivity contribution < 1.29 is 0 Å². The van der Waals surface area contributed by atoms with Crippen LogP contribution in [0.5, 0.6) is 0 Å². The molecule has 0 amide bonds. The third kappa shape index (κ3) is 4.65. The van der Waals surface area contributed by atoms with Crippen LogP contribution in [0.2, 0.25) is 0 Å². The van der Waals surface area contributed by atoms with Gasteiger partial charge in [0, 0.05) is 17.5 Å². The molecule has 1 rings (SSSR count). The van der Waals surface area contributed by atoms with Crippen molar-refractivity contribution in [1.29, 1.82) is 0 Å². The lowest BCUT2D eigenvalue weighted by Crippen LogP contribution is -2.25. The summed E-state index contributed by atoms with van der Waals surface area (Å²) in [6.07, 6.45) is 1.08. The number of aryl methyl sites for hydroxylation is 2. The van der Waals surface area contributed by atoms with Gasteiger partial charge in [-0.25, -0.2) is 0 Å². The summed E-state index contributed by atoms with van der Waals surface area (Å²) in [5, 5.41) is 8.12. The minimum absolute atomic E-state index is 0.557. The summed E-state index contributed by atoms with van der Waals surface area (Å²) in [6.45, 7) is 13.0. The third-order valence-electron chi connectivity index (χ3n) is 3.11. The molecule has 1 N–H and O–H groups in total. The molecule has 1 aromatic rings. The highest BCUT2D eigenvalue weighted by Crippen LogP contribution is 2.14. The number of hydrogen-bond donors (Lipinski definition) is 1. The number of rotatable bonds is 8. The topological polar surface area (TPSA) is 29.9 Å². The molecule has 18 heavy (non-hydrogen) atoms.